The van der Waals surface area contributed by atoms with Crippen LogP contribution in [0.4, 0.5) is 0 Å². The lowest BCUT2D eigenvalue weighted by Crippen LogP contribution is -2.01. The highest BCUT2D eigenvalue weighted by Crippen LogP contribution is 2.27. The Kier molecular flexibility index (Phi) is 4.36. The van der Waals surface area contributed by atoms with Crippen LogP contribution in [-0.2, 0) is 20.8 Å². The molecule has 86 valence electrons. The number of halogens is 2. The van der Waals surface area contributed by atoms with Gasteiger partial charge < -0.3 is 0 Å². The molecule has 0 heterocycles. The SMILES string of the molecule is CCc1cc(C#N)c(CBr)c(S(=O)(=O)Cl)c1. The number of hydrogen-bond donors (Lipinski definition) is 0. The van der Waals surface area contributed by atoms with E-state index < -0.39 is 9.05 Å². The number of nitriles is 1. The number of aryl methyl sites for hydroxylation is 1. The highest BCUT2D eigenvalue weighted by atomic mass is 79.9. The van der Waals surface area contributed by atoms with E-state index in [-0.39, 0.29) is 10.2 Å². The molecule has 0 atom stereocenters. The lowest BCUT2D eigenvalue weighted by Gasteiger charge is -2.08. The molecule has 0 aliphatic rings. The molecule has 1 aromatic rings. The maximum Gasteiger partial charge on any atom is 0.261 e. The number of alkyl halides is 1. The Bertz CT molecular complexity index is 549. The predicted octanol–water partition coefficient (Wildman–Crippen LogP) is 2.94. The first-order chi connectivity index (χ1) is 7.43. The van der Waals surface area contributed by atoms with Gasteiger partial charge in [0.25, 0.3) is 9.05 Å². The van der Waals surface area contributed by atoms with Gasteiger partial charge in [0.05, 0.1) is 16.5 Å². The molecule has 1 aromatic carbocycles. The van der Waals surface area contributed by atoms with Gasteiger partial charge in [0.1, 0.15) is 0 Å². The van der Waals surface area contributed by atoms with E-state index in [2.05, 4.69) is 15.9 Å². The molecule has 0 N–H and O–H groups in total. The van der Waals surface area contributed by atoms with Gasteiger partial charge in [0.2, 0.25) is 0 Å². The van der Waals surface area contributed by atoms with E-state index in [1.54, 1.807) is 6.07 Å². The summed E-state index contributed by atoms with van der Waals surface area (Å²) < 4.78 is 22.8. The topological polar surface area (TPSA) is 57.9 Å². The molecule has 0 aliphatic heterocycles. The molecular weight excluding hydrogens is 314 g/mol. The molecular formula is C10H9BrClNO2S. The van der Waals surface area contributed by atoms with Crippen LogP contribution in [0, 0.1) is 11.3 Å². The number of rotatable bonds is 3. The highest BCUT2D eigenvalue weighted by molar-refractivity contribution is 9.08. The largest absolute Gasteiger partial charge is 0.261 e. The Labute approximate surface area is 108 Å². The molecule has 0 fully saturated rings. The minimum Gasteiger partial charge on any atom is -0.207 e. The molecule has 0 spiro atoms. The van der Waals surface area contributed by atoms with Crippen LogP contribution < -0.4 is 0 Å². The molecule has 1 rings (SSSR count). The standard InChI is InChI=1S/C10H9BrClNO2S/c1-2-7-3-8(6-13)9(5-11)10(4-7)16(12,14)15/h3-4H,2,5H2,1H3. The molecule has 3 nitrogen and oxygen atoms in total. The first-order valence-electron chi connectivity index (χ1n) is 4.50. The monoisotopic (exact) mass is 321 g/mol. The van der Waals surface area contributed by atoms with E-state index in [9.17, 15) is 8.42 Å². The minimum atomic E-state index is -3.82. The molecule has 0 aliphatic carbocycles. The summed E-state index contributed by atoms with van der Waals surface area (Å²) in [4.78, 5) is 0.0157. The smallest absolute Gasteiger partial charge is 0.207 e. The van der Waals surface area contributed by atoms with E-state index in [0.717, 1.165) is 5.56 Å². The second-order valence-electron chi connectivity index (χ2n) is 3.16. The van der Waals surface area contributed by atoms with Crippen molar-refractivity contribution in [3.63, 3.8) is 0 Å². The third-order valence-electron chi connectivity index (χ3n) is 2.19. The van der Waals surface area contributed by atoms with Crippen molar-refractivity contribution in [2.45, 2.75) is 23.6 Å². The van der Waals surface area contributed by atoms with Gasteiger partial charge in [-0.05, 0) is 24.1 Å². The summed E-state index contributed by atoms with van der Waals surface area (Å²) in [6, 6.07) is 5.18. The van der Waals surface area contributed by atoms with Crippen LogP contribution >= 0.6 is 26.6 Å². The quantitative estimate of drug-likeness (QED) is 0.635. The summed E-state index contributed by atoms with van der Waals surface area (Å²) in [5, 5.41) is 9.23. The number of benzene rings is 1. The van der Waals surface area contributed by atoms with Crippen molar-refractivity contribution in [1.29, 1.82) is 5.26 Å². The molecule has 0 saturated carbocycles. The average molecular weight is 323 g/mol. The lowest BCUT2D eigenvalue weighted by atomic mass is 10.0. The molecule has 0 unspecified atom stereocenters. The van der Waals surface area contributed by atoms with Crippen LogP contribution in [0.15, 0.2) is 17.0 Å². The van der Waals surface area contributed by atoms with Crippen molar-refractivity contribution in [2.24, 2.45) is 0 Å². The van der Waals surface area contributed by atoms with E-state index in [1.807, 2.05) is 13.0 Å². The number of hydrogen-bond acceptors (Lipinski definition) is 3. The third-order valence-corrected chi connectivity index (χ3v) is 4.14. The lowest BCUT2D eigenvalue weighted by molar-refractivity contribution is 0.609. The normalized spacial score (nSPS) is 11.1. The van der Waals surface area contributed by atoms with Gasteiger partial charge in [-0.1, -0.05) is 22.9 Å². The second kappa shape index (κ2) is 5.17. The van der Waals surface area contributed by atoms with Crippen molar-refractivity contribution >= 4 is 35.7 Å². The zero-order chi connectivity index (χ0) is 12.3. The summed E-state index contributed by atoms with van der Waals surface area (Å²) in [7, 11) is 1.52. The van der Waals surface area contributed by atoms with Crippen LogP contribution in [0.5, 0.6) is 0 Å². The van der Waals surface area contributed by atoms with E-state index in [4.69, 9.17) is 15.9 Å². The van der Waals surface area contributed by atoms with Crippen LogP contribution in [0.1, 0.15) is 23.6 Å². The van der Waals surface area contributed by atoms with Gasteiger partial charge in [-0.2, -0.15) is 5.26 Å². The molecule has 0 aromatic heterocycles. The molecule has 0 saturated heterocycles. The Morgan fingerprint density at radius 2 is 2.12 bits per heavy atom. The van der Waals surface area contributed by atoms with Crippen LogP contribution in [0.2, 0.25) is 0 Å². The van der Waals surface area contributed by atoms with Gasteiger partial charge in [-0.15, -0.1) is 0 Å². The summed E-state index contributed by atoms with van der Waals surface area (Å²) in [6.07, 6.45) is 0.649. The predicted molar refractivity (Wildman–Crippen MR) is 66.2 cm³/mol. The maximum atomic E-state index is 11.4. The third kappa shape index (κ3) is 2.76. The Hall–Kier alpha value is -0.570. The number of nitrogens with zero attached hydrogens (tertiary/aromatic N) is 1. The molecule has 0 bridgehead atoms. The molecule has 16 heavy (non-hydrogen) atoms. The fourth-order valence-electron chi connectivity index (χ4n) is 1.36. The van der Waals surface area contributed by atoms with Gasteiger partial charge in [-0.25, -0.2) is 8.42 Å². The zero-order valence-corrected chi connectivity index (χ0v) is 11.7. The fourth-order valence-corrected chi connectivity index (χ4v) is 3.33. The molecule has 0 amide bonds. The maximum absolute atomic E-state index is 11.4. The first kappa shape index (κ1) is 13.5. The fraction of sp³-hybridized carbons (Fsp3) is 0.300. The van der Waals surface area contributed by atoms with E-state index in [1.165, 1.54) is 6.07 Å². The minimum absolute atomic E-state index is 0.0157. The van der Waals surface area contributed by atoms with Crippen LogP contribution in [0.3, 0.4) is 0 Å². The van der Waals surface area contributed by atoms with E-state index in [0.29, 0.717) is 17.5 Å². The summed E-state index contributed by atoms with van der Waals surface area (Å²) >= 11 is 3.16. The van der Waals surface area contributed by atoms with Crippen molar-refractivity contribution in [1.82, 2.24) is 0 Å². The van der Waals surface area contributed by atoms with Crippen molar-refractivity contribution in [3.8, 4) is 6.07 Å². The van der Waals surface area contributed by atoms with Gasteiger partial charge in [-0.3, -0.25) is 0 Å². The second-order valence-corrected chi connectivity index (χ2v) is 6.25. The first-order valence-corrected chi connectivity index (χ1v) is 7.93. The van der Waals surface area contributed by atoms with Gasteiger partial charge in [0.15, 0.2) is 0 Å². The van der Waals surface area contributed by atoms with Gasteiger partial charge in [0, 0.05) is 21.6 Å². The Morgan fingerprint density at radius 3 is 2.50 bits per heavy atom. The molecule has 6 heteroatoms. The highest BCUT2D eigenvalue weighted by Gasteiger charge is 2.19. The van der Waals surface area contributed by atoms with Crippen molar-refractivity contribution in [2.75, 3.05) is 0 Å². The molecule has 0 radical (unpaired) electrons. The summed E-state index contributed by atoms with van der Waals surface area (Å²) in [5.41, 5.74) is 1.53. The van der Waals surface area contributed by atoms with Crippen molar-refractivity contribution < 1.29 is 8.42 Å². The van der Waals surface area contributed by atoms with Crippen LogP contribution in [-0.4, -0.2) is 8.42 Å². The van der Waals surface area contributed by atoms with Gasteiger partial charge >= 0.3 is 0 Å². The average Bonchev–Trinajstić information content (AvgIpc) is 2.25. The van der Waals surface area contributed by atoms with Crippen LogP contribution in [0.25, 0.3) is 0 Å². The summed E-state index contributed by atoms with van der Waals surface area (Å²) in [5.74, 6) is 0. The Morgan fingerprint density at radius 1 is 1.50 bits per heavy atom. The summed E-state index contributed by atoms with van der Waals surface area (Å²) in [6.45, 7) is 1.88. The van der Waals surface area contributed by atoms with Crippen molar-refractivity contribution in [3.05, 3.63) is 28.8 Å². The zero-order valence-electron chi connectivity index (χ0n) is 8.50. The van der Waals surface area contributed by atoms with E-state index >= 15 is 0 Å². The Balaban J connectivity index is 3.65.